The first-order valence-electron chi connectivity index (χ1n) is 2.52. The fraction of sp³-hybridized carbons (Fsp3) is 0.667. The van der Waals surface area contributed by atoms with Crippen LogP contribution in [-0.4, -0.2) is 0 Å². The van der Waals surface area contributed by atoms with E-state index in [0.29, 0.717) is 0 Å². The van der Waals surface area contributed by atoms with Gasteiger partial charge < -0.3 is 0 Å². The van der Waals surface area contributed by atoms with Gasteiger partial charge in [-0.25, -0.2) is 0 Å². The molecular formula is C6H13Cl. The van der Waals surface area contributed by atoms with Crippen molar-refractivity contribution in [3.05, 3.63) is 12.7 Å². The second-order valence-electron chi connectivity index (χ2n) is 1.43. The quantitative estimate of drug-likeness (QED) is 0.397. The van der Waals surface area contributed by atoms with Gasteiger partial charge in [-0.3, -0.25) is 0 Å². The molecule has 0 fully saturated rings. The molecule has 1 heteroatoms. The molecule has 0 atom stereocenters. The van der Waals surface area contributed by atoms with Crippen LogP contribution in [0.1, 0.15) is 26.2 Å². The minimum absolute atomic E-state index is 0. The van der Waals surface area contributed by atoms with Crippen LogP contribution in [0.25, 0.3) is 0 Å². The number of hydrogen-bond acceptors (Lipinski definition) is 0. The van der Waals surface area contributed by atoms with E-state index >= 15 is 0 Å². The SMILES string of the molecule is C=CCCCC.Cl. The Morgan fingerprint density at radius 3 is 2.29 bits per heavy atom. The van der Waals surface area contributed by atoms with Gasteiger partial charge in [0.25, 0.3) is 0 Å². The van der Waals surface area contributed by atoms with Crippen LogP contribution in [0.2, 0.25) is 0 Å². The summed E-state index contributed by atoms with van der Waals surface area (Å²) in [5, 5.41) is 0. The molecule has 0 aliphatic carbocycles. The Hall–Kier alpha value is 0.0300. The lowest BCUT2D eigenvalue weighted by Crippen LogP contribution is -1.61. The Kier molecular flexibility index (Phi) is 13.6. The molecular weight excluding hydrogens is 108 g/mol. The van der Waals surface area contributed by atoms with Gasteiger partial charge in [0.05, 0.1) is 0 Å². The second-order valence-corrected chi connectivity index (χ2v) is 1.43. The van der Waals surface area contributed by atoms with Crippen LogP contribution in [0.3, 0.4) is 0 Å². The topological polar surface area (TPSA) is 0 Å². The van der Waals surface area contributed by atoms with E-state index < -0.39 is 0 Å². The van der Waals surface area contributed by atoms with Gasteiger partial charge in [0.1, 0.15) is 0 Å². The third kappa shape index (κ3) is 10.7. The molecule has 0 amide bonds. The van der Waals surface area contributed by atoms with Crippen molar-refractivity contribution in [3.8, 4) is 0 Å². The van der Waals surface area contributed by atoms with Crippen molar-refractivity contribution in [2.75, 3.05) is 0 Å². The van der Waals surface area contributed by atoms with Crippen LogP contribution in [0, 0.1) is 0 Å². The molecule has 0 spiro atoms. The summed E-state index contributed by atoms with van der Waals surface area (Å²) in [6.45, 7) is 5.78. The van der Waals surface area contributed by atoms with E-state index in [0.717, 1.165) is 0 Å². The lowest BCUT2D eigenvalue weighted by Gasteiger charge is -1.81. The van der Waals surface area contributed by atoms with Crippen molar-refractivity contribution in [1.29, 1.82) is 0 Å². The van der Waals surface area contributed by atoms with E-state index in [-0.39, 0.29) is 12.4 Å². The Bertz CT molecular complexity index is 33.2. The van der Waals surface area contributed by atoms with Crippen LogP contribution in [0.4, 0.5) is 0 Å². The van der Waals surface area contributed by atoms with Gasteiger partial charge in [0.15, 0.2) is 0 Å². The molecule has 0 bridgehead atoms. The lowest BCUT2D eigenvalue weighted by atomic mass is 10.3. The number of halogens is 1. The molecule has 0 saturated carbocycles. The summed E-state index contributed by atoms with van der Waals surface area (Å²) >= 11 is 0. The fourth-order valence-electron chi connectivity index (χ4n) is 0.348. The average Bonchev–Trinajstić information content (AvgIpc) is 1.61. The molecule has 0 rings (SSSR count). The van der Waals surface area contributed by atoms with Gasteiger partial charge in [0, 0.05) is 0 Å². The van der Waals surface area contributed by atoms with E-state index in [9.17, 15) is 0 Å². The molecule has 0 aromatic carbocycles. The Morgan fingerprint density at radius 1 is 1.57 bits per heavy atom. The minimum atomic E-state index is 0. The van der Waals surface area contributed by atoms with Crippen LogP contribution in [0.15, 0.2) is 12.7 Å². The van der Waals surface area contributed by atoms with E-state index in [4.69, 9.17) is 0 Å². The maximum absolute atomic E-state index is 3.60. The normalized spacial score (nSPS) is 7.00. The van der Waals surface area contributed by atoms with Gasteiger partial charge in [-0.15, -0.1) is 19.0 Å². The van der Waals surface area contributed by atoms with Gasteiger partial charge >= 0.3 is 0 Å². The summed E-state index contributed by atoms with van der Waals surface area (Å²) in [7, 11) is 0. The standard InChI is InChI=1S/C6H12.ClH/c1-3-5-6-4-2;/h3H,1,4-6H2,2H3;1H. The van der Waals surface area contributed by atoms with Crippen molar-refractivity contribution < 1.29 is 0 Å². The molecule has 0 unspecified atom stereocenters. The maximum Gasteiger partial charge on any atom is -0.0354 e. The predicted octanol–water partition coefficient (Wildman–Crippen LogP) is 2.78. The van der Waals surface area contributed by atoms with Crippen molar-refractivity contribution in [2.45, 2.75) is 26.2 Å². The zero-order chi connectivity index (χ0) is 4.83. The van der Waals surface area contributed by atoms with Crippen LogP contribution in [0.5, 0.6) is 0 Å². The Balaban J connectivity index is 0. The molecule has 0 nitrogen and oxygen atoms in total. The molecule has 44 valence electrons. The summed E-state index contributed by atoms with van der Waals surface area (Å²) in [5.41, 5.74) is 0. The van der Waals surface area contributed by atoms with E-state index in [1.165, 1.54) is 19.3 Å². The summed E-state index contributed by atoms with van der Waals surface area (Å²) in [5.74, 6) is 0. The monoisotopic (exact) mass is 120 g/mol. The molecule has 0 aliphatic heterocycles. The van der Waals surface area contributed by atoms with E-state index in [2.05, 4.69) is 13.5 Å². The molecule has 0 aromatic rings. The van der Waals surface area contributed by atoms with E-state index in [1.807, 2.05) is 6.08 Å². The lowest BCUT2D eigenvalue weighted by molar-refractivity contribution is 0.816. The smallest absolute Gasteiger partial charge is 0.0354 e. The Morgan fingerprint density at radius 2 is 2.14 bits per heavy atom. The number of allylic oxidation sites excluding steroid dienone is 1. The highest BCUT2D eigenvalue weighted by molar-refractivity contribution is 5.85. The summed E-state index contributed by atoms with van der Waals surface area (Å²) in [6, 6.07) is 0. The molecule has 0 aromatic heterocycles. The summed E-state index contributed by atoms with van der Waals surface area (Å²) in [6.07, 6.45) is 5.72. The van der Waals surface area contributed by atoms with Gasteiger partial charge in [0.2, 0.25) is 0 Å². The first-order chi connectivity index (χ1) is 2.91. The number of hydrogen-bond donors (Lipinski definition) is 0. The van der Waals surface area contributed by atoms with Crippen LogP contribution < -0.4 is 0 Å². The molecule has 0 N–H and O–H groups in total. The molecule has 7 heavy (non-hydrogen) atoms. The second kappa shape index (κ2) is 9.39. The van der Waals surface area contributed by atoms with Gasteiger partial charge in [-0.05, 0) is 6.42 Å². The largest absolute Gasteiger partial charge is 0.147 e. The van der Waals surface area contributed by atoms with Gasteiger partial charge in [-0.1, -0.05) is 25.8 Å². The zero-order valence-corrected chi connectivity index (χ0v) is 5.63. The highest BCUT2D eigenvalue weighted by Crippen LogP contribution is 1.91. The van der Waals surface area contributed by atoms with Crippen molar-refractivity contribution in [3.63, 3.8) is 0 Å². The van der Waals surface area contributed by atoms with Crippen LogP contribution in [-0.2, 0) is 0 Å². The van der Waals surface area contributed by atoms with Crippen LogP contribution >= 0.6 is 12.4 Å². The minimum Gasteiger partial charge on any atom is -0.147 e. The molecule has 0 saturated heterocycles. The molecule has 0 heterocycles. The summed E-state index contributed by atoms with van der Waals surface area (Å²) < 4.78 is 0. The van der Waals surface area contributed by atoms with Crippen molar-refractivity contribution in [2.24, 2.45) is 0 Å². The predicted molar refractivity (Wildman–Crippen MR) is 37.0 cm³/mol. The van der Waals surface area contributed by atoms with E-state index in [1.54, 1.807) is 0 Å². The maximum atomic E-state index is 3.60. The fourth-order valence-corrected chi connectivity index (χ4v) is 0.348. The summed E-state index contributed by atoms with van der Waals surface area (Å²) in [4.78, 5) is 0. The average molecular weight is 121 g/mol. The highest BCUT2D eigenvalue weighted by atomic mass is 35.5. The first kappa shape index (κ1) is 10.1. The first-order valence-corrected chi connectivity index (χ1v) is 2.52. The van der Waals surface area contributed by atoms with Gasteiger partial charge in [-0.2, -0.15) is 0 Å². The Labute approximate surface area is 52.0 Å². The number of unbranched alkanes of at least 4 members (excludes halogenated alkanes) is 2. The third-order valence-corrected chi connectivity index (χ3v) is 0.762. The third-order valence-electron chi connectivity index (χ3n) is 0.762. The zero-order valence-electron chi connectivity index (χ0n) is 4.81. The number of rotatable bonds is 3. The molecule has 0 radical (unpaired) electrons. The van der Waals surface area contributed by atoms with Crippen molar-refractivity contribution >= 4 is 12.4 Å². The van der Waals surface area contributed by atoms with Crippen molar-refractivity contribution in [1.82, 2.24) is 0 Å². The highest BCUT2D eigenvalue weighted by Gasteiger charge is 1.71. The molecule has 0 aliphatic rings.